The second-order valence-corrected chi connectivity index (χ2v) is 3.51. The molecule has 3 nitrogen and oxygen atoms in total. The third-order valence-electron chi connectivity index (χ3n) is 1.41. The molecule has 56 valence electrons. The number of hydrogen-bond donors (Lipinski definition) is 0. The molecule has 4 heteroatoms. The predicted molar refractivity (Wildman–Crippen MR) is 50.4 cm³/mol. The monoisotopic (exact) mass is 259 g/mol. The van der Waals surface area contributed by atoms with Crippen molar-refractivity contribution in [3.8, 4) is 0 Å². The van der Waals surface area contributed by atoms with Crippen molar-refractivity contribution in [1.29, 1.82) is 0 Å². The van der Waals surface area contributed by atoms with E-state index in [-0.39, 0.29) is 0 Å². The minimum atomic E-state index is 0.764. The Morgan fingerprint density at radius 2 is 2.27 bits per heavy atom. The second kappa shape index (κ2) is 2.44. The maximum atomic E-state index is 4.19. The smallest absolute Gasteiger partial charge is 0.234 e. The van der Waals surface area contributed by atoms with E-state index in [9.17, 15) is 0 Å². The molecule has 0 aliphatic carbocycles. The summed E-state index contributed by atoms with van der Waals surface area (Å²) in [5.74, 6) is 0.764. The topological polar surface area (TPSA) is 30.2 Å². The van der Waals surface area contributed by atoms with Crippen LogP contribution in [0.3, 0.4) is 0 Å². The van der Waals surface area contributed by atoms with Gasteiger partial charge in [0.2, 0.25) is 5.78 Å². The van der Waals surface area contributed by atoms with Crippen LogP contribution in [0.2, 0.25) is 0 Å². The first-order valence-corrected chi connectivity index (χ1v) is 4.30. The third kappa shape index (κ3) is 1.22. The molecule has 0 atom stereocenters. The first kappa shape index (κ1) is 7.02. The maximum Gasteiger partial charge on any atom is 0.234 e. The number of hydrogen-bond acceptors (Lipinski definition) is 2. The summed E-state index contributed by atoms with van der Waals surface area (Å²) >= 11 is 2.17. The third-order valence-corrected chi connectivity index (χ3v) is 1.93. The molecule has 0 saturated heterocycles. The minimum absolute atomic E-state index is 0.764. The van der Waals surface area contributed by atoms with Crippen LogP contribution >= 0.6 is 22.6 Å². The van der Waals surface area contributed by atoms with E-state index >= 15 is 0 Å². The number of aromatic nitrogens is 3. The Bertz CT molecular complexity index is 393. The van der Waals surface area contributed by atoms with Crippen molar-refractivity contribution >= 4 is 28.4 Å². The van der Waals surface area contributed by atoms with Crippen LogP contribution in [-0.4, -0.2) is 14.4 Å². The van der Waals surface area contributed by atoms with Crippen molar-refractivity contribution in [3.05, 3.63) is 27.9 Å². The summed E-state index contributed by atoms with van der Waals surface area (Å²) in [7, 11) is 0. The Kier molecular flexibility index (Phi) is 1.56. The van der Waals surface area contributed by atoms with Crippen LogP contribution in [-0.2, 0) is 0 Å². The van der Waals surface area contributed by atoms with E-state index in [2.05, 4.69) is 32.6 Å². The summed E-state index contributed by atoms with van der Waals surface area (Å²) in [5, 5.41) is 0. The van der Waals surface area contributed by atoms with Gasteiger partial charge in [-0.2, -0.15) is 0 Å². The predicted octanol–water partition coefficient (Wildman–Crippen LogP) is 1.64. The van der Waals surface area contributed by atoms with Gasteiger partial charge in [-0.15, -0.1) is 0 Å². The molecule has 0 bridgehead atoms. The lowest BCUT2D eigenvalue weighted by Gasteiger charge is -1.91. The Balaban J connectivity index is 2.82. The molecule has 0 aliphatic heterocycles. The molecule has 0 aromatic carbocycles. The molecule has 0 N–H and O–H groups in total. The van der Waals surface area contributed by atoms with Crippen LogP contribution in [0.15, 0.2) is 18.6 Å². The van der Waals surface area contributed by atoms with Gasteiger partial charge in [0, 0.05) is 18.6 Å². The first-order valence-electron chi connectivity index (χ1n) is 3.22. The highest BCUT2D eigenvalue weighted by Crippen LogP contribution is 2.05. The average Bonchev–Trinajstić information content (AvgIpc) is 2.27. The normalized spacial score (nSPS) is 10.7. The van der Waals surface area contributed by atoms with Gasteiger partial charge in [-0.05, 0) is 35.1 Å². The first-order chi connectivity index (χ1) is 5.25. The summed E-state index contributed by atoms with van der Waals surface area (Å²) in [6, 6.07) is 0. The number of imidazole rings is 1. The Hall–Kier alpha value is -0.650. The molecule has 2 heterocycles. The molecule has 0 spiro atoms. The van der Waals surface area contributed by atoms with E-state index in [0.29, 0.717) is 0 Å². The van der Waals surface area contributed by atoms with Crippen molar-refractivity contribution < 1.29 is 0 Å². The van der Waals surface area contributed by atoms with Crippen molar-refractivity contribution in [3.63, 3.8) is 0 Å². The molecule has 2 rings (SSSR count). The summed E-state index contributed by atoms with van der Waals surface area (Å²) in [6.07, 6.45) is 5.78. The molecule has 0 fully saturated rings. The molecule has 2 aromatic rings. The van der Waals surface area contributed by atoms with Crippen molar-refractivity contribution in [2.45, 2.75) is 6.92 Å². The van der Waals surface area contributed by atoms with Crippen LogP contribution < -0.4 is 0 Å². The van der Waals surface area contributed by atoms with Gasteiger partial charge in [0.05, 0.1) is 0 Å². The van der Waals surface area contributed by atoms with Gasteiger partial charge in [-0.3, -0.25) is 4.40 Å². The molecular weight excluding hydrogens is 253 g/mol. The Labute approximate surface area is 77.6 Å². The van der Waals surface area contributed by atoms with Gasteiger partial charge in [0.15, 0.2) is 0 Å². The largest absolute Gasteiger partial charge is 0.290 e. The highest BCUT2D eigenvalue weighted by atomic mass is 127. The van der Waals surface area contributed by atoms with Crippen molar-refractivity contribution in [2.75, 3.05) is 0 Å². The Morgan fingerprint density at radius 1 is 1.45 bits per heavy atom. The summed E-state index contributed by atoms with van der Waals surface area (Å²) < 4.78 is 2.90. The zero-order valence-corrected chi connectivity index (χ0v) is 8.11. The fourth-order valence-corrected chi connectivity index (χ4v) is 1.47. The minimum Gasteiger partial charge on any atom is -0.290 e. The molecule has 11 heavy (non-hydrogen) atoms. The van der Waals surface area contributed by atoms with Crippen LogP contribution in [0.25, 0.3) is 5.78 Å². The van der Waals surface area contributed by atoms with Crippen LogP contribution in [0.5, 0.6) is 0 Å². The van der Waals surface area contributed by atoms with Crippen molar-refractivity contribution in [2.24, 2.45) is 0 Å². The standard InChI is InChI=1S/C7H6IN3/c1-5-2-9-7-10-6(8)4-11(7)3-5/h2-4H,1H3. The van der Waals surface area contributed by atoms with Gasteiger partial charge in [0.25, 0.3) is 0 Å². The molecule has 2 aromatic heterocycles. The number of nitrogens with zero attached hydrogens (tertiary/aromatic N) is 3. The van der Waals surface area contributed by atoms with Crippen LogP contribution in [0.4, 0.5) is 0 Å². The lowest BCUT2D eigenvalue weighted by Crippen LogP contribution is -1.87. The fourth-order valence-electron chi connectivity index (χ4n) is 0.957. The molecule has 0 amide bonds. The number of fused-ring (bicyclic) bond motifs is 1. The van der Waals surface area contributed by atoms with E-state index < -0.39 is 0 Å². The molecular formula is C7H6IN3. The van der Waals surface area contributed by atoms with Gasteiger partial charge in [0.1, 0.15) is 3.70 Å². The average molecular weight is 259 g/mol. The lowest BCUT2D eigenvalue weighted by molar-refractivity contribution is 1.08. The van der Waals surface area contributed by atoms with Crippen LogP contribution in [0, 0.1) is 10.6 Å². The zero-order chi connectivity index (χ0) is 7.84. The SMILES string of the molecule is Cc1cnc2nc(I)cn2c1. The summed E-state index contributed by atoms with van der Waals surface area (Å²) in [4.78, 5) is 8.34. The van der Waals surface area contributed by atoms with Gasteiger partial charge >= 0.3 is 0 Å². The zero-order valence-electron chi connectivity index (χ0n) is 5.95. The second-order valence-electron chi connectivity index (χ2n) is 2.40. The van der Waals surface area contributed by atoms with Gasteiger partial charge in [-0.25, -0.2) is 9.97 Å². The molecule has 0 unspecified atom stereocenters. The molecule has 0 aliphatic rings. The van der Waals surface area contributed by atoms with E-state index in [1.165, 1.54) is 0 Å². The maximum absolute atomic E-state index is 4.19. The van der Waals surface area contributed by atoms with E-state index in [1.807, 2.05) is 29.9 Å². The van der Waals surface area contributed by atoms with Crippen LogP contribution in [0.1, 0.15) is 5.56 Å². The number of halogens is 1. The van der Waals surface area contributed by atoms with Crippen molar-refractivity contribution in [1.82, 2.24) is 14.4 Å². The highest BCUT2D eigenvalue weighted by molar-refractivity contribution is 14.1. The lowest BCUT2D eigenvalue weighted by atomic mass is 10.4. The number of aryl methyl sites for hydroxylation is 1. The fraction of sp³-hybridized carbons (Fsp3) is 0.143. The quantitative estimate of drug-likeness (QED) is 0.673. The van der Waals surface area contributed by atoms with E-state index in [0.717, 1.165) is 15.0 Å². The van der Waals surface area contributed by atoms with E-state index in [1.54, 1.807) is 0 Å². The van der Waals surface area contributed by atoms with Gasteiger partial charge < -0.3 is 0 Å². The molecule has 0 saturated carbocycles. The van der Waals surface area contributed by atoms with E-state index in [4.69, 9.17) is 0 Å². The molecule has 0 radical (unpaired) electrons. The highest BCUT2D eigenvalue weighted by Gasteiger charge is 1.97. The number of rotatable bonds is 0. The Morgan fingerprint density at radius 3 is 3.09 bits per heavy atom. The van der Waals surface area contributed by atoms with Gasteiger partial charge in [-0.1, -0.05) is 0 Å². The summed E-state index contributed by atoms with van der Waals surface area (Å²) in [5.41, 5.74) is 1.14. The summed E-state index contributed by atoms with van der Waals surface area (Å²) in [6.45, 7) is 2.01.